The maximum Gasteiger partial charge on any atom is 0.407 e. The Labute approximate surface area is 285 Å². The zero-order valence-corrected chi connectivity index (χ0v) is 28.9. The highest BCUT2D eigenvalue weighted by molar-refractivity contribution is 9.10. The van der Waals surface area contributed by atoms with Crippen molar-refractivity contribution in [2.45, 2.75) is 76.8 Å². The van der Waals surface area contributed by atoms with E-state index in [1.165, 1.54) is 7.11 Å². The summed E-state index contributed by atoms with van der Waals surface area (Å²) in [5, 5.41) is 30.1. The average molecular weight is 710 g/mol. The van der Waals surface area contributed by atoms with E-state index >= 15 is 0 Å². The highest BCUT2D eigenvalue weighted by Crippen LogP contribution is 2.32. The van der Waals surface area contributed by atoms with Gasteiger partial charge in [-0.25, -0.2) is 9.80 Å². The van der Waals surface area contributed by atoms with Crippen molar-refractivity contribution in [3.05, 3.63) is 106 Å². The van der Waals surface area contributed by atoms with Gasteiger partial charge in [0.25, 0.3) is 11.8 Å². The van der Waals surface area contributed by atoms with E-state index < -0.39 is 47.1 Å². The lowest BCUT2D eigenvalue weighted by atomic mass is 9.86. The molecule has 5 N–H and O–H groups in total. The van der Waals surface area contributed by atoms with Gasteiger partial charge in [-0.3, -0.25) is 15.0 Å². The van der Waals surface area contributed by atoms with Crippen LogP contribution in [0.1, 0.15) is 61.9 Å². The van der Waals surface area contributed by atoms with Crippen LogP contribution >= 0.6 is 15.9 Å². The number of aliphatic hydroxyl groups is 2. The molecular weight excluding hydrogens is 664 g/mol. The summed E-state index contributed by atoms with van der Waals surface area (Å²) in [7, 11) is 1.24. The van der Waals surface area contributed by atoms with Crippen LogP contribution in [0, 0.1) is 5.41 Å². The van der Waals surface area contributed by atoms with Crippen molar-refractivity contribution in [2.24, 2.45) is 5.41 Å². The second-order valence-electron chi connectivity index (χ2n) is 13.2. The SMILES string of the molecule is COC(=O)N[C@H](C(=O)NN(CCC[C@](O)(Cc1ccccc1)C(=O)N[C@H]1c2ccccc2C[C@H]1O)Cc1ccc(Br)cc1)C(C)(C)C. The number of carbonyl (C=O) groups is 3. The van der Waals surface area contributed by atoms with Gasteiger partial charge in [0.1, 0.15) is 11.6 Å². The molecule has 10 nitrogen and oxygen atoms in total. The number of nitrogens with zero attached hydrogens (tertiary/aromatic N) is 1. The quantitative estimate of drug-likeness (QED) is 0.164. The number of hydrogen-bond donors (Lipinski definition) is 5. The highest BCUT2D eigenvalue weighted by Gasteiger charge is 2.40. The van der Waals surface area contributed by atoms with Crippen LogP contribution in [-0.4, -0.2) is 64.5 Å². The maximum atomic E-state index is 13.9. The number of hydrogen-bond acceptors (Lipinski definition) is 7. The Kier molecular flexibility index (Phi) is 12.2. The number of methoxy groups -OCH3 is 1. The van der Waals surface area contributed by atoms with E-state index in [4.69, 9.17) is 4.74 Å². The molecule has 1 aliphatic carbocycles. The van der Waals surface area contributed by atoms with Crippen molar-refractivity contribution >= 4 is 33.8 Å². The maximum absolute atomic E-state index is 13.9. The Bertz CT molecular complexity index is 1510. The summed E-state index contributed by atoms with van der Waals surface area (Å²) >= 11 is 3.45. The fourth-order valence-electron chi connectivity index (χ4n) is 5.86. The lowest BCUT2D eigenvalue weighted by molar-refractivity contribution is -0.142. The second kappa shape index (κ2) is 15.9. The van der Waals surface area contributed by atoms with Gasteiger partial charge in [-0.2, -0.15) is 0 Å². The first kappa shape index (κ1) is 36.1. The molecule has 0 fully saturated rings. The number of carbonyl (C=O) groups excluding carboxylic acids is 3. The van der Waals surface area contributed by atoms with Crippen LogP contribution in [0.3, 0.4) is 0 Å². The lowest BCUT2D eigenvalue weighted by Gasteiger charge is -2.33. The van der Waals surface area contributed by atoms with Gasteiger partial charge in [0, 0.05) is 30.4 Å². The second-order valence-corrected chi connectivity index (χ2v) is 14.1. The number of nitrogens with one attached hydrogen (secondary N) is 3. The van der Waals surface area contributed by atoms with Crippen molar-refractivity contribution in [2.75, 3.05) is 13.7 Å². The summed E-state index contributed by atoms with van der Waals surface area (Å²) in [4.78, 5) is 39.5. The van der Waals surface area contributed by atoms with E-state index in [-0.39, 0.29) is 19.4 Å². The predicted molar refractivity (Wildman–Crippen MR) is 183 cm³/mol. The van der Waals surface area contributed by atoms with E-state index in [0.29, 0.717) is 19.4 Å². The Hall–Kier alpha value is -3.77. The number of halogens is 1. The van der Waals surface area contributed by atoms with Crippen LogP contribution in [0.2, 0.25) is 0 Å². The number of amides is 3. The van der Waals surface area contributed by atoms with Gasteiger partial charge in [-0.15, -0.1) is 0 Å². The fraction of sp³-hybridized carbons (Fsp3) is 0.417. The first-order chi connectivity index (χ1) is 22.3. The molecule has 0 bridgehead atoms. The van der Waals surface area contributed by atoms with E-state index in [9.17, 15) is 24.6 Å². The van der Waals surface area contributed by atoms with Gasteiger partial charge in [0.05, 0.1) is 19.3 Å². The number of rotatable bonds is 13. The number of alkyl carbamates (subject to hydrolysis) is 1. The van der Waals surface area contributed by atoms with Gasteiger partial charge >= 0.3 is 6.09 Å². The summed E-state index contributed by atoms with van der Waals surface area (Å²) in [5.41, 5.74) is 4.05. The normalized spacial score (nSPS) is 17.7. The van der Waals surface area contributed by atoms with Crippen molar-refractivity contribution in [3.8, 4) is 0 Å². The molecule has 0 saturated carbocycles. The first-order valence-corrected chi connectivity index (χ1v) is 16.6. The summed E-state index contributed by atoms with van der Waals surface area (Å²) in [6, 6.07) is 23.0. The van der Waals surface area contributed by atoms with E-state index in [1.54, 1.807) is 5.01 Å². The zero-order chi connectivity index (χ0) is 34.2. The Morgan fingerprint density at radius 1 is 0.979 bits per heavy atom. The third kappa shape index (κ3) is 9.87. The molecule has 4 atom stereocenters. The van der Waals surface area contributed by atoms with Crippen LogP contribution < -0.4 is 16.1 Å². The van der Waals surface area contributed by atoms with Gasteiger partial charge in [-0.05, 0) is 52.6 Å². The topological polar surface area (TPSA) is 140 Å². The molecular formula is C36H45BrN4O6. The zero-order valence-electron chi connectivity index (χ0n) is 27.3. The Balaban J connectivity index is 1.53. The molecule has 0 saturated heterocycles. The fourth-order valence-corrected chi connectivity index (χ4v) is 6.12. The Morgan fingerprint density at radius 3 is 2.30 bits per heavy atom. The molecule has 3 aromatic rings. The number of ether oxygens (including phenoxy) is 1. The summed E-state index contributed by atoms with van der Waals surface area (Å²) < 4.78 is 5.67. The van der Waals surface area contributed by atoms with Gasteiger partial charge in [-0.1, -0.05) is 103 Å². The number of fused-ring (bicyclic) bond motifs is 1. The summed E-state index contributed by atoms with van der Waals surface area (Å²) in [5.74, 6) is -0.994. The van der Waals surface area contributed by atoms with Crippen molar-refractivity contribution in [1.29, 1.82) is 0 Å². The molecule has 0 aliphatic heterocycles. The largest absolute Gasteiger partial charge is 0.453 e. The predicted octanol–water partition coefficient (Wildman–Crippen LogP) is 4.58. The molecule has 252 valence electrons. The molecule has 0 aromatic heterocycles. The molecule has 4 rings (SSSR count). The first-order valence-electron chi connectivity index (χ1n) is 15.8. The smallest absolute Gasteiger partial charge is 0.407 e. The average Bonchev–Trinajstić information content (AvgIpc) is 3.34. The van der Waals surface area contributed by atoms with Crippen LogP contribution in [0.4, 0.5) is 4.79 Å². The van der Waals surface area contributed by atoms with E-state index in [0.717, 1.165) is 26.7 Å². The minimum atomic E-state index is -1.80. The summed E-state index contributed by atoms with van der Waals surface area (Å²) in [6.45, 7) is 6.15. The lowest BCUT2D eigenvalue weighted by Crippen LogP contribution is -2.57. The number of benzene rings is 3. The molecule has 0 heterocycles. The molecule has 47 heavy (non-hydrogen) atoms. The van der Waals surface area contributed by atoms with Crippen LogP contribution in [-0.2, 0) is 33.7 Å². The molecule has 1 aliphatic rings. The van der Waals surface area contributed by atoms with Crippen LogP contribution in [0.25, 0.3) is 0 Å². The van der Waals surface area contributed by atoms with E-state index in [2.05, 4.69) is 32.0 Å². The molecule has 3 aromatic carbocycles. The van der Waals surface area contributed by atoms with Gasteiger partial charge in [0.15, 0.2) is 0 Å². The van der Waals surface area contributed by atoms with Crippen molar-refractivity contribution in [1.82, 2.24) is 21.1 Å². The van der Waals surface area contributed by atoms with Crippen molar-refractivity contribution in [3.63, 3.8) is 0 Å². The van der Waals surface area contributed by atoms with Gasteiger partial charge in [0.2, 0.25) is 0 Å². The molecule has 3 amide bonds. The van der Waals surface area contributed by atoms with Crippen LogP contribution in [0.5, 0.6) is 0 Å². The minimum Gasteiger partial charge on any atom is -0.453 e. The number of hydrazine groups is 1. The molecule has 11 heteroatoms. The molecule has 0 radical (unpaired) electrons. The third-order valence-electron chi connectivity index (χ3n) is 8.40. The van der Waals surface area contributed by atoms with Crippen LogP contribution in [0.15, 0.2) is 83.3 Å². The van der Waals surface area contributed by atoms with Gasteiger partial charge < -0.3 is 25.6 Å². The Morgan fingerprint density at radius 2 is 1.64 bits per heavy atom. The minimum absolute atomic E-state index is 0.0678. The molecule has 0 unspecified atom stereocenters. The van der Waals surface area contributed by atoms with E-state index in [1.807, 2.05) is 99.6 Å². The standard InChI is InChI=1S/C36H45BrN4O6/c1-35(2,3)31(39-34(45)47-4)32(43)40-41(23-25-15-17-27(37)18-16-25)20-10-19-36(46,22-24-11-6-5-7-12-24)33(44)38-30-28-14-9-8-13-26(28)21-29(30)42/h5-9,11-18,29-31,42,46H,10,19-23H2,1-4H3,(H,38,44)(H,39,45)(H,40,43)/t29-,30+,31-,36+/m1/s1. The summed E-state index contributed by atoms with van der Waals surface area (Å²) in [6.07, 6.45) is -0.618. The molecule has 0 spiro atoms. The van der Waals surface area contributed by atoms with Crippen molar-refractivity contribution < 1.29 is 29.3 Å². The highest BCUT2D eigenvalue weighted by atomic mass is 79.9. The third-order valence-corrected chi connectivity index (χ3v) is 8.93. The monoisotopic (exact) mass is 708 g/mol. The number of aliphatic hydroxyl groups excluding tert-OH is 1.